The molecule has 2 aromatic carbocycles. The van der Waals surface area contributed by atoms with Gasteiger partial charge in [-0.25, -0.2) is 4.79 Å². The van der Waals surface area contributed by atoms with Crippen molar-refractivity contribution in [2.45, 2.75) is 6.54 Å². The molecule has 0 amide bonds. The number of carboxylic acid groups (broad SMARTS) is 1. The smallest absolute Gasteiger partial charge is 0.337 e. The van der Waals surface area contributed by atoms with Crippen LogP contribution in [0.4, 0.5) is 0 Å². The summed E-state index contributed by atoms with van der Waals surface area (Å²) in [5.74, 6) is -0.295. The molecule has 1 heterocycles. The summed E-state index contributed by atoms with van der Waals surface area (Å²) in [7, 11) is 1.57. The van der Waals surface area contributed by atoms with Gasteiger partial charge in [0.1, 0.15) is 5.75 Å². The Morgan fingerprint density at radius 1 is 1.17 bits per heavy atom. The highest BCUT2D eigenvalue weighted by Crippen LogP contribution is 2.28. The minimum Gasteiger partial charge on any atom is -0.497 e. The standard InChI is InChI=1S/C17H13Cl2NO3/c1-23-11-3-4-12-13(17(21)22)9-20(16(12)7-11)8-10-2-5-14(18)15(19)6-10/h2-7,9H,8H2,1H3,(H,21,22). The zero-order valence-electron chi connectivity index (χ0n) is 12.2. The van der Waals surface area contributed by atoms with Crippen LogP contribution in [-0.2, 0) is 6.54 Å². The van der Waals surface area contributed by atoms with Crippen LogP contribution >= 0.6 is 23.2 Å². The summed E-state index contributed by atoms with van der Waals surface area (Å²) >= 11 is 12.0. The third-order valence-electron chi connectivity index (χ3n) is 3.66. The molecular formula is C17H13Cl2NO3. The molecule has 118 valence electrons. The summed E-state index contributed by atoms with van der Waals surface area (Å²) in [5, 5.41) is 11.0. The first-order valence-corrected chi connectivity index (χ1v) is 7.59. The van der Waals surface area contributed by atoms with E-state index in [1.54, 1.807) is 37.6 Å². The second kappa shape index (κ2) is 6.14. The maximum Gasteiger partial charge on any atom is 0.337 e. The van der Waals surface area contributed by atoms with Crippen molar-refractivity contribution in [1.82, 2.24) is 4.57 Å². The number of hydrogen-bond donors (Lipinski definition) is 1. The van der Waals surface area contributed by atoms with Crippen LogP contribution in [0.25, 0.3) is 10.9 Å². The lowest BCUT2D eigenvalue weighted by atomic mass is 10.1. The number of nitrogens with zero attached hydrogens (tertiary/aromatic N) is 1. The number of fused-ring (bicyclic) bond motifs is 1. The van der Waals surface area contributed by atoms with Gasteiger partial charge in [-0.2, -0.15) is 0 Å². The average molecular weight is 350 g/mol. The zero-order chi connectivity index (χ0) is 16.6. The highest BCUT2D eigenvalue weighted by Gasteiger charge is 2.15. The van der Waals surface area contributed by atoms with Gasteiger partial charge in [-0.15, -0.1) is 0 Å². The van der Waals surface area contributed by atoms with Crippen molar-refractivity contribution >= 4 is 40.1 Å². The molecule has 0 fully saturated rings. The van der Waals surface area contributed by atoms with Gasteiger partial charge in [-0.3, -0.25) is 0 Å². The Labute approximate surface area is 142 Å². The predicted molar refractivity (Wildman–Crippen MR) is 91.0 cm³/mol. The van der Waals surface area contributed by atoms with E-state index < -0.39 is 5.97 Å². The molecule has 3 aromatic rings. The second-order valence-electron chi connectivity index (χ2n) is 5.11. The average Bonchev–Trinajstić information content (AvgIpc) is 2.89. The molecule has 0 aliphatic heterocycles. The van der Waals surface area contributed by atoms with E-state index in [0.717, 1.165) is 11.1 Å². The predicted octanol–water partition coefficient (Wildman–Crippen LogP) is 4.70. The first-order chi connectivity index (χ1) is 11.0. The van der Waals surface area contributed by atoms with E-state index in [4.69, 9.17) is 27.9 Å². The molecule has 0 spiro atoms. The second-order valence-corrected chi connectivity index (χ2v) is 5.92. The number of carbonyl (C=O) groups is 1. The van der Waals surface area contributed by atoms with E-state index in [1.807, 2.05) is 16.7 Å². The third kappa shape index (κ3) is 3.00. The summed E-state index contributed by atoms with van der Waals surface area (Å²) < 4.78 is 7.09. The highest BCUT2D eigenvalue weighted by molar-refractivity contribution is 6.42. The van der Waals surface area contributed by atoms with E-state index in [0.29, 0.717) is 27.7 Å². The van der Waals surface area contributed by atoms with Gasteiger partial charge in [-0.05, 0) is 29.8 Å². The first-order valence-electron chi connectivity index (χ1n) is 6.83. The fourth-order valence-electron chi connectivity index (χ4n) is 2.53. The van der Waals surface area contributed by atoms with Crippen LogP contribution in [0.5, 0.6) is 5.75 Å². The number of aromatic nitrogens is 1. The van der Waals surface area contributed by atoms with Crippen LogP contribution in [0.2, 0.25) is 10.0 Å². The largest absolute Gasteiger partial charge is 0.497 e. The molecule has 0 bridgehead atoms. The van der Waals surface area contributed by atoms with Crippen LogP contribution in [-0.4, -0.2) is 22.8 Å². The molecule has 1 N–H and O–H groups in total. The fourth-order valence-corrected chi connectivity index (χ4v) is 2.86. The number of methoxy groups -OCH3 is 1. The quantitative estimate of drug-likeness (QED) is 0.742. The highest BCUT2D eigenvalue weighted by atomic mass is 35.5. The molecular weight excluding hydrogens is 337 g/mol. The van der Waals surface area contributed by atoms with E-state index in [2.05, 4.69) is 0 Å². The summed E-state index contributed by atoms with van der Waals surface area (Å²) in [4.78, 5) is 11.5. The van der Waals surface area contributed by atoms with Crippen molar-refractivity contribution in [3.63, 3.8) is 0 Å². The van der Waals surface area contributed by atoms with Gasteiger partial charge in [0.25, 0.3) is 0 Å². The van der Waals surface area contributed by atoms with Crippen molar-refractivity contribution in [3.8, 4) is 5.75 Å². The fraction of sp³-hybridized carbons (Fsp3) is 0.118. The molecule has 0 radical (unpaired) electrons. The Morgan fingerprint density at radius 2 is 1.96 bits per heavy atom. The number of carboxylic acids is 1. The van der Waals surface area contributed by atoms with E-state index in [1.165, 1.54) is 0 Å². The minimum absolute atomic E-state index is 0.253. The molecule has 23 heavy (non-hydrogen) atoms. The lowest BCUT2D eigenvalue weighted by Gasteiger charge is -2.08. The molecule has 0 aliphatic rings. The summed E-state index contributed by atoms with van der Waals surface area (Å²) in [6.45, 7) is 0.480. The van der Waals surface area contributed by atoms with E-state index >= 15 is 0 Å². The topological polar surface area (TPSA) is 51.5 Å². The molecule has 0 saturated heterocycles. The SMILES string of the molecule is COc1ccc2c(C(=O)O)cn(Cc3ccc(Cl)c(Cl)c3)c2c1. The van der Waals surface area contributed by atoms with Crippen LogP contribution < -0.4 is 4.74 Å². The van der Waals surface area contributed by atoms with Crippen molar-refractivity contribution in [3.05, 3.63) is 63.8 Å². The monoisotopic (exact) mass is 349 g/mol. The van der Waals surface area contributed by atoms with E-state index in [9.17, 15) is 9.90 Å². The van der Waals surface area contributed by atoms with Crippen LogP contribution in [0, 0.1) is 0 Å². The van der Waals surface area contributed by atoms with Gasteiger partial charge in [0, 0.05) is 24.2 Å². The summed E-state index contributed by atoms with van der Waals surface area (Å²) in [5.41, 5.74) is 1.96. The number of aromatic carboxylic acids is 1. The van der Waals surface area contributed by atoms with E-state index in [-0.39, 0.29) is 5.56 Å². The lowest BCUT2D eigenvalue weighted by molar-refractivity contribution is 0.0699. The van der Waals surface area contributed by atoms with Crippen molar-refractivity contribution < 1.29 is 14.6 Å². The van der Waals surface area contributed by atoms with Gasteiger partial charge < -0.3 is 14.4 Å². The molecule has 0 atom stereocenters. The number of ether oxygens (including phenoxy) is 1. The molecule has 0 aliphatic carbocycles. The molecule has 3 rings (SSSR count). The Hall–Kier alpha value is -2.17. The molecule has 0 saturated carbocycles. The maximum absolute atomic E-state index is 11.5. The molecule has 0 unspecified atom stereocenters. The number of halogens is 2. The lowest BCUT2D eigenvalue weighted by Crippen LogP contribution is -1.99. The number of hydrogen-bond acceptors (Lipinski definition) is 2. The molecule has 1 aromatic heterocycles. The normalized spacial score (nSPS) is 10.9. The zero-order valence-corrected chi connectivity index (χ0v) is 13.7. The Bertz CT molecular complexity index is 902. The Morgan fingerprint density at radius 3 is 2.61 bits per heavy atom. The van der Waals surface area contributed by atoms with Gasteiger partial charge >= 0.3 is 5.97 Å². The first kappa shape index (κ1) is 15.7. The number of benzene rings is 2. The third-order valence-corrected chi connectivity index (χ3v) is 4.40. The Balaban J connectivity index is 2.11. The van der Waals surface area contributed by atoms with Gasteiger partial charge in [-0.1, -0.05) is 29.3 Å². The van der Waals surface area contributed by atoms with Gasteiger partial charge in [0.2, 0.25) is 0 Å². The number of rotatable bonds is 4. The summed E-state index contributed by atoms with van der Waals surface area (Å²) in [6, 6.07) is 10.7. The van der Waals surface area contributed by atoms with Gasteiger partial charge in [0.15, 0.2) is 0 Å². The van der Waals surface area contributed by atoms with Crippen molar-refractivity contribution in [2.24, 2.45) is 0 Å². The molecule has 6 heteroatoms. The van der Waals surface area contributed by atoms with Crippen molar-refractivity contribution in [1.29, 1.82) is 0 Å². The minimum atomic E-state index is -0.965. The van der Waals surface area contributed by atoms with Crippen LogP contribution in [0.3, 0.4) is 0 Å². The van der Waals surface area contributed by atoms with Crippen LogP contribution in [0.1, 0.15) is 15.9 Å². The van der Waals surface area contributed by atoms with Gasteiger partial charge in [0.05, 0.1) is 28.2 Å². The maximum atomic E-state index is 11.5. The Kier molecular flexibility index (Phi) is 4.20. The molecule has 4 nitrogen and oxygen atoms in total. The van der Waals surface area contributed by atoms with Crippen molar-refractivity contribution in [2.75, 3.05) is 7.11 Å². The summed E-state index contributed by atoms with van der Waals surface area (Å²) in [6.07, 6.45) is 1.62. The van der Waals surface area contributed by atoms with Crippen LogP contribution in [0.15, 0.2) is 42.6 Å².